The minimum Gasteiger partial charge on any atom is -0.352 e. The van der Waals surface area contributed by atoms with Crippen LogP contribution in [0.1, 0.15) is 42.4 Å². The van der Waals surface area contributed by atoms with Crippen LogP contribution >= 0.6 is 11.6 Å². The molecule has 0 aromatic heterocycles. The summed E-state index contributed by atoms with van der Waals surface area (Å²) in [4.78, 5) is 12.2. The van der Waals surface area contributed by atoms with Crippen LogP contribution in [0.3, 0.4) is 0 Å². The molecule has 2 N–H and O–H groups in total. The monoisotopic (exact) mass is 420 g/mol. The third-order valence-electron chi connectivity index (χ3n) is 4.88. The molecule has 2 aromatic rings. The molecule has 0 bridgehead atoms. The largest absolute Gasteiger partial charge is 0.352 e. The number of carbonyl (C=O) groups is 1. The van der Waals surface area contributed by atoms with E-state index < -0.39 is 10.0 Å². The molecule has 0 fully saturated rings. The van der Waals surface area contributed by atoms with Crippen LogP contribution in [-0.2, 0) is 34.2 Å². The zero-order chi connectivity index (χ0) is 20.0. The Labute approximate surface area is 171 Å². The van der Waals surface area contributed by atoms with Crippen molar-refractivity contribution in [2.24, 2.45) is 0 Å². The van der Waals surface area contributed by atoms with Gasteiger partial charge >= 0.3 is 0 Å². The summed E-state index contributed by atoms with van der Waals surface area (Å²) in [6.45, 7) is 0.629. The van der Waals surface area contributed by atoms with Gasteiger partial charge in [0.1, 0.15) is 0 Å². The average molecular weight is 421 g/mol. The van der Waals surface area contributed by atoms with Crippen molar-refractivity contribution in [2.45, 2.75) is 50.0 Å². The predicted octanol–water partition coefficient (Wildman–Crippen LogP) is 3.59. The van der Waals surface area contributed by atoms with Gasteiger partial charge < -0.3 is 5.32 Å². The summed E-state index contributed by atoms with van der Waals surface area (Å²) in [7, 11) is -3.55. The standard InChI is InChI=1S/C21H25ClN2O3S/c22-19-8-3-5-16(13-19)15-23-21(25)9-4-12-24-28(26,27)20-11-10-17-6-1-2-7-18(17)14-20/h3,5,8,10-11,13-14,24H,1-2,4,6-7,9,12,15H2,(H,23,25). The molecule has 0 unspecified atom stereocenters. The molecule has 3 rings (SSSR count). The Balaban J connectivity index is 1.43. The molecule has 1 aliphatic carbocycles. The molecule has 1 aliphatic rings. The van der Waals surface area contributed by atoms with Gasteiger partial charge in [0.2, 0.25) is 15.9 Å². The summed E-state index contributed by atoms with van der Waals surface area (Å²) in [5, 5.41) is 3.44. The highest BCUT2D eigenvalue weighted by atomic mass is 35.5. The van der Waals surface area contributed by atoms with E-state index in [0.29, 0.717) is 22.9 Å². The summed E-state index contributed by atoms with van der Waals surface area (Å²) in [5.41, 5.74) is 3.31. The molecule has 7 heteroatoms. The fourth-order valence-corrected chi connectivity index (χ4v) is 4.69. The summed E-state index contributed by atoms with van der Waals surface area (Å²) in [5.74, 6) is -0.118. The molecule has 0 spiro atoms. The molecule has 0 saturated carbocycles. The Hall–Kier alpha value is -1.89. The first-order valence-electron chi connectivity index (χ1n) is 9.57. The summed E-state index contributed by atoms with van der Waals surface area (Å²) < 4.78 is 27.6. The number of amides is 1. The smallest absolute Gasteiger partial charge is 0.240 e. The number of hydrogen-bond donors (Lipinski definition) is 2. The van der Waals surface area contributed by atoms with E-state index in [1.54, 1.807) is 24.3 Å². The third-order valence-corrected chi connectivity index (χ3v) is 6.58. The Morgan fingerprint density at radius 3 is 2.61 bits per heavy atom. The minimum absolute atomic E-state index is 0.118. The second-order valence-corrected chi connectivity index (χ2v) is 9.25. The van der Waals surface area contributed by atoms with E-state index in [-0.39, 0.29) is 18.9 Å². The lowest BCUT2D eigenvalue weighted by Crippen LogP contribution is -2.27. The Kier molecular flexibility index (Phi) is 7.10. The first-order chi connectivity index (χ1) is 13.4. The highest BCUT2D eigenvalue weighted by Gasteiger charge is 2.17. The number of fused-ring (bicyclic) bond motifs is 1. The van der Waals surface area contributed by atoms with Crippen LogP contribution in [0.15, 0.2) is 47.4 Å². The van der Waals surface area contributed by atoms with Gasteiger partial charge in [-0.2, -0.15) is 0 Å². The van der Waals surface area contributed by atoms with Crippen LogP contribution in [0.2, 0.25) is 5.02 Å². The lowest BCUT2D eigenvalue weighted by atomic mass is 9.92. The van der Waals surface area contributed by atoms with Gasteiger partial charge in [0, 0.05) is 24.5 Å². The Morgan fingerprint density at radius 2 is 1.82 bits per heavy atom. The number of rotatable bonds is 8. The molecule has 5 nitrogen and oxygen atoms in total. The molecule has 0 radical (unpaired) electrons. The molecule has 2 aromatic carbocycles. The van der Waals surface area contributed by atoms with Crippen molar-refractivity contribution in [2.75, 3.05) is 6.54 Å². The number of benzene rings is 2. The summed E-state index contributed by atoms with van der Waals surface area (Å²) in [6.07, 6.45) is 4.92. The maximum atomic E-state index is 12.5. The van der Waals surface area contributed by atoms with Crippen LogP contribution in [0.25, 0.3) is 0 Å². The fourth-order valence-electron chi connectivity index (χ4n) is 3.35. The van der Waals surface area contributed by atoms with Crippen LogP contribution < -0.4 is 10.0 Å². The SMILES string of the molecule is O=C(CCCNS(=O)(=O)c1ccc2c(c1)CCCC2)NCc1cccc(Cl)c1. The van der Waals surface area contributed by atoms with Gasteiger partial charge in [0.05, 0.1) is 4.90 Å². The zero-order valence-corrected chi connectivity index (χ0v) is 17.3. The predicted molar refractivity (Wildman–Crippen MR) is 111 cm³/mol. The number of hydrogen-bond acceptors (Lipinski definition) is 3. The van der Waals surface area contributed by atoms with Crippen molar-refractivity contribution >= 4 is 27.5 Å². The number of nitrogens with one attached hydrogen (secondary N) is 2. The van der Waals surface area contributed by atoms with Gasteiger partial charge in [-0.05, 0) is 73.1 Å². The van der Waals surface area contributed by atoms with Crippen LogP contribution in [0, 0.1) is 0 Å². The molecule has 28 heavy (non-hydrogen) atoms. The van der Waals surface area contributed by atoms with E-state index in [4.69, 9.17) is 11.6 Å². The van der Waals surface area contributed by atoms with E-state index in [0.717, 1.165) is 36.8 Å². The van der Waals surface area contributed by atoms with Crippen molar-refractivity contribution in [3.63, 3.8) is 0 Å². The van der Waals surface area contributed by atoms with Crippen LogP contribution in [0.4, 0.5) is 0 Å². The molecular formula is C21H25ClN2O3S. The molecular weight excluding hydrogens is 396 g/mol. The second-order valence-electron chi connectivity index (χ2n) is 7.05. The van der Waals surface area contributed by atoms with E-state index in [1.807, 2.05) is 18.2 Å². The average Bonchev–Trinajstić information content (AvgIpc) is 2.69. The molecule has 150 valence electrons. The molecule has 0 atom stereocenters. The van der Waals surface area contributed by atoms with E-state index >= 15 is 0 Å². The van der Waals surface area contributed by atoms with Gasteiger partial charge in [-0.15, -0.1) is 0 Å². The van der Waals surface area contributed by atoms with Crippen molar-refractivity contribution in [3.05, 3.63) is 64.2 Å². The van der Waals surface area contributed by atoms with Crippen molar-refractivity contribution in [3.8, 4) is 0 Å². The van der Waals surface area contributed by atoms with Crippen LogP contribution in [0.5, 0.6) is 0 Å². The second kappa shape index (κ2) is 9.54. The number of halogens is 1. The molecule has 0 heterocycles. The van der Waals surface area contributed by atoms with Crippen molar-refractivity contribution < 1.29 is 13.2 Å². The molecule has 1 amide bonds. The molecule has 0 aliphatic heterocycles. The quantitative estimate of drug-likeness (QED) is 0.641. The van der Waals surface area contributed by atoms with Gasteiger partial charge in [0.25, 0.3) is 0 Å². The van der Waals surface area contributed by atoms with E-state index in [1.165, 1.54) is 5.56 Å². The number of aryl methyl sites for hydroxylation is 2. The minimum atomic E-state index is -3.55. The Bertz CT molecular complexity index is 944. The molecule has 0 saturated heterocycles. The van der Waals surface area contributed by atoms with Crippen molar-refractivity contribution in [1.29, 1.82) is 0 Å². The van der Waals surface area contributed by atoms with Gasteiger partial charge in [-0.25, -0.2) is 13.1 Å². The first-order valence-corrected chi connectivity index (χ1v) is 11.4. The number of sulfonamides is 1. The highest BCUT2D eigenvalue weighted by Crippen LogP contribution is 2.24. The fraction of sp³-hybridized carbons (Fsp3) is 0.381. The van der Waals surface area contributed by atoms with Crippen molar-refractivity contribution in [1.82, 2.24) is 10.0 Å². The maximum Gasteiger partial charge on any atom is 0.240 e. The van der Waals surface area contributed by atoms with Gasteiger partial charge in [0.15, 0.2) is 0 Å². The lowest BCUT2D eigenvalue weighted by molar-refractivity contribution is -0.121. The van der Waals surface area contributed by atoms with E-state index in [2.05, 4.69) is 10.0 Å². The normalized spacial score (nSPS) is 13.8. The highest BCUT2D eigenvalue weighted by molar-refractivity contribution is 7.89. The lowest BCUT2D eigenvalue weighted by Gasteiger charge is -2.16. The maximum absolute atomic E-state index is 12.5. The third kappa shape index (κ3) is 5.80. The number of carbonyl (C=O) groups excluding carboxylic acids is 1. The first kappa shape index (κ1) is 20.8. The zero-order valence-electron chi connectivity index (χ0n) is 15.7. The van der Waals surface area contributed by atoms with Crippen LogP contribution in [-0.4, -0.2) is 20.9 Å². The topological polar surface area (TPSA) is 75.3 Å². The summed E-state index contributed by atoms with van der Waals surface area (Å²) >= 11 is 5.92. The summed E-state index contributed by atoms with van der Waals surface area (Å²) in [6, 6.07) is 12.7. The van der Waals surface area contributed by atoms with E-state index in [9.17, 15) is 13.2 Å². The van der Waals surface area contributed by atoms with Gasteiger partial charge in [-0.1, -0.05) is 29.8 Å². The van der Waals surface area contributed by atoms with Gasteiger partial charge in [-0.3, -0.25) is 4.79 Å². The Morgan fingerprint density at radius 1 is 1.04 bits per heavy atom.